The van der Waals surface area contributed by atoms with Gasteiger partial charge in [0.1, 0.15) is 17.8 Å². The average Bonchev–Trinajstić information content (AvgIpc) is 3.46. The molecule has 0 N–H and O–H groups in total. The van der Waals surface area contributed by atoms with E-state index in [1.807, 2.05) is 45.9 Å². The Kier molecular flexibility index (Phi) is 9.76. The number of allylic oxidation sites excluding steroid dienone is 4. The molecule has 3 rings (SSSR count). The van der Waals surface area contributed by atoms with E-state index in [9.17, 15) is 9.59 Å². The van der Waals surface area contributed by atoms with Crippen molar-refractivity contribution >= 4 is 11.9 Å². The van der Waals surface area contributed by atoms with Crippen molar-refractivity contribution in [2.24, 2.45) is 17.8 Å². The van der Waals surface area contributed by atoms with Crippen molar-refractivity contribution in [1.29, 1.82) is 0 Å². The molecule has 3 heterocycles. The standard InChI is InChI=1S/C30H44O6/c1-8-10-20(3)29-25(34-29)17-19(2)11-9-12-21(4)28-22(5)13-14-26(33-23(6)31)30(7)16-15-24(36-30)18-27(32)35-28/h8-14,19-20,22,24-26,28-29H,15-18H2,1-7H3/b10-8+,11-9+,14-13-,21-12+. The van der Waals surface area contributed by atoms with Gasteiger partial charge in [-0.3, -0.25) is 9.59 Å². The number of hydrogen-bond donors (Lipinski definition) is 0. The molecule has 0 aromatic heterocycles. The first kappa shape index (κ1) is 28.4. The van der Waals surface area contributed by atoms with Crippen LogP contribution in [0, 0.1) is 17.8 Å². The molecule has 2 fully saturated rings. The van der Waals surface area contributed by atoms with Gasteiger partial charge >= 0.3 is 11.9 Å². The minimum atomic E-state index is -0.647. The number of hydrogen-bond acceptors (Lipinski definition) is 6. The number of esters is 2. The molecule has 3 aliphatic rings. The smallest absolute Gasteiger partial charge is 0.309 e. The first-order valence-electron chi connectivity index (χ1n) is 13.4. The summed E-state index contributed by atoms with van der Waals surface area (Å²) in [4.78, 5) is 24.6. The monoisotopic (exact) mass is 500 g/mol. The fourth-order valence-electron chi connectivity index (χ4n) is 5.37. The third-order valence-corrected chi connectivity index (χ3v) is 7.50. The van der Waals surface area contributed by atoms with Crippen LogP contribution < -0.4 is 0 Å². The lowest BCUT2D eigenvalue weighted by Crippen LogP contribution is -2.41. The quantitative estimate of drug-likeness (QED) is 0.180. The maximum absolute atomic E-state index is 12.8. The number of cyclic esters (lactones) is 1. The Morgan fingerprint density at radius 2 is 2.00 bits per heavy atom. The maximum Gasteiger partial charge on any atom is 0.309 e. The Hall–Kier alpha value is -2.18. The minimum Gasteiger partial charge on any atom is -0.457 e. The summed E-state index contributed by atoms with van der Waals surface area (Å²) >= 11 is 0. The molecule has 9 atom stereocenters. The molecule has 0 aliphatic carbocycles. The highest BCUT2D eigenvalue weighted by molar-refractivity contribution is 5.70. The fourth-order valence-corrected chi connectivity index (χ4v) is 5.37. The molecule has 2 saturated heterocycles. The molecule has 3 aliphatic heterocycles. The van der Waals surface area contributed by atoms with Gasteiger partial charge in [0.15, 0.2) is 0 Å². The van der Waals surface area contributed by atoms with Crippen molar-refractivity contribution in [3.63, 3.8) is 0 Å². The SMILES string of the molecule is C/C=C/C(C)C1OC1CC(C)/C=C/C=C(\C)C1OC(=O)CC2CCC(C)(O2)C(OC(C)=O)/C=C\C1C. The number of rotatable bonds is 8. The molecule has 6 nitrogen and oxygen atoms in total. The van der Waals surface area contributed by atoms with Crippen molar-refractivity contribution in [2.45, 2.75) is 110 Å². The second kappa shape index (κ2) is 12.4. The fraction of sp³-hybridized carbons (Fsp3) is 0.667. The van der Waals surface area contributed by atoms with E-state index in [0.29, 0.717) is 30.5 Å². The maximum atomic E-state index is 12.8. The highest BCUT2D eigenvalue weighted by Gasteiger charge is 2.45. The molecule has 36 heavy (non-hydrogen) atoms. The zero-order chi connectivity index (χ0) is 26.5. The summed E-state index contributed by atoms with van der Waals surface area (Å²) in [5.41, 5.74) is 0.317. The number of fused-ring (bicyclic) bond motifs is 2. The van der Waals surface area contributed by atoms with E-state index in [4.69, 9.17) is 18.9 Å². The Morgan fingerprint density at radius 1 is 1.25 bits per heavy atom. The number of carbonyl (C=O) groups excluding carboxylic acids is 2. The summed E-state index contributed by atoms with van der Waals surface area (Å²) in [7, 11) is 0. The molecule has 0 amide bonds. The number of epoxide rings is 1. The summed E-state index contributed by atoms with van der Waals surface area (Å²) in [6.07, 6.45) is 16.5. The van der Waals surface area contributed by atoms with Crippen molar-refractivity contribution in [1.82, 2.24) is 0 Å². The Labute approximate surface area is 216 Å². The Bertz CT molecular complexity index is 901. The van der Waals surface area contributed by atoms with E-state index < -0.39 is 17.8 Å². The van der Waals surface area contributed by atoms with Gasteiger partial charge in [0.25, 0.3) is 0 Å². The van der Waals surface area contributed by atoms with Crippen LogP contribution in [0.2, 0.25) is 0 Å². The first-order valence-corrected chi connectivity index (χ1v) is 13.4. The lowest BCUT2D eigenvalue weighted by Gasteiger charge is -2.31. The molecular weight excluding hydrogens is 456 g/mol. The van der Waals surface area contributed by atoms with Crippen LogP contribution in [-0.4, -0.2) is 48.1 Å². The van der Waals surface area contributed by atoms with Crippen molar-refractivity contribution in [3.8, 4) is 0 Å². The van der Waals surface area contributed by atoms with Crippen molar-refractivity contribution in [3.05, 3.63) is 48.1 Å². The van der Waals surface area contributed by atoms with Gasteiger partial charge in [0.05, 0.1) is 24.7 Å². The lowest BCUT2D eigenvalue weighted by molar-refractivity contribution is -0.164. The average molecular weight is 501 g/mol. The summed E-state index contributed by atoms with van der Waals surface area (Å²) in [5, 5.41) is 0. The van der Waals surface area contributed by atoms with E-state index in [1.165, 1.54) is 6.92 Å². The molecule has 6 heteroatoms. The van der Waals surface area contributed by atoms with E-state index >= 15 is 0 Å². The van der Waals surface area contributed by atoms with Gasteiger partial charge in [-0.2, -0.15) is 0 Å². The zero-order valence-electron chi connectivity index (χ0n) is 22.9. The molecule has 0 aromatic carbocycles. The molecule has 0 spiro atoms. The second-order valence-electron chi connectivity index (χ2n) is 11.0. The minimum absolute atomic E-state index is 0.0944. The molecule has 2 bridgehead atoms. The van der Waals surface area contributed by atoms with Crippen LogP contribution >= 0.6 is 0 Å². The summed E-state index contributed by atoms with van der Waals surface area (Å²) < 4.78 is 23.6. The van der Waals surface area contributed by atoms with E-state index in [1.54, 1.807) is 0 Å². The lowest BCUT2D eigenvalue weighted by atomic mass is 9.91. The zero-order valence-corrected chi connectivity index (χ0v) is 22.9. The normalized spacial score (nSPS) is 37.9. The van der Waals surface area contributed by atoms with Gasteiger partial charge in [-0.25, -0.2) is 0 Å². The second-order valence-corrected chi connectivity index (χ2v) is 11.0. The van der Waals surface area contributed by atoms with Crippen LogP contribution in [0.15, 0.2) is 48.1 Å². The number of carbonyl (C=O) groups is 2. The summed E-state index contributed by atoms with van der Waals surface area (Å²) in [6.45, 7) is 13.8. The molecule has 0 saturated carbocycles. The predicted octanol–water partition coefficient (Wildman–Crippen LogP) is 5.87. The number of ether oxygens (including phenoxy) is 4. The van der Waals surface area contributed by atoms with Gasteiger partial charge in [-0.05, 0) is 57.6 Å². The van der Waals surface area contributed by atoms with Gasteiger partial charge in [-0.1, -0.05) is 57.2 Å². The van der Waals surface area contributed by atoms with Crippen LogP contribution in [-0.2, 0) is 28.5 Å². The van der Waals surface area contributed by atoms with Crippen LogP contribution in [0.1, 0.15) is 74.1 Å². The molecular formula is C30H44O6. The topological polar surface area (TPSA) is 74.4 Å². The van der Waals surface area contributed by atoms with Crippen LogP contribution in [0.25, 0.3) is 0 Å². The third-order valence-electron chi connectivity index (χ3n) is 7.50. The van der Waals surface area contributed by atoms with Crippen LogP contribution in [0.3, 0.4) is 0 Å². The van der Waals surface area contributed by atoms with Gasteiger partial charge in [-0.15, -0.1) is 0 Å². The van der Waals surface area contributed by atoms with E-state index in [2.05, 4.69) is 38.2 Å². The van der Waals surface area contributed by atoms with Crippen molar-refractivity contribution in [2.75, 3.05) is 0 Å². The van der Waals surface area contributed by atoms with E-state index in [0.717, 1.165) is 18.4 Å². The Morgan fingerprint density at radius 3 is 2.69 bits per heavy atom. The van der Waals surface area contributed by atoms with Gasteiger partial charge in [0, 0.05) is 18.8 Å². The molecule has 0 aromatic rings. The Balaban J connectivity index is 1.68. The van der Waals surface area contributed by atoms with Crippen molar-refractivity contribution < 1.29 is 28.5 Å². The molecule has 200 valence electrons. The first-order chi connectivity index (χ1) is 17.0. The van der Waals surface area contributed by atoms with E-state index in [-0.39, 0.29) is 30.4 Å². The largest absolute Gasteiger partial charge is 0.457 e. The van der Waals surface area contributed by atoms with Gasteiger partial charge in [0.2, 0.25) is 0 Å². The summed E-state index contributed by atoms with van der Waals surface area (Å²) in [5.74, 6) is 0.120. The van der Waals surface area contributed by atoms with Crippen LogP contribution in [0.4, 0.5) is 0 Å². The third kappa shape index (κ3) is 7.66. The molecule has 0 radical (unpaired) electrons. The molecule has 9 unspecified atom stereocenters. The van der Waals surface area contributed by atoms with Crippen LogP contribution in [0.5, 0.6) is 0 Å². The highest BCUT2D eigenvalue weighted by atomic mass is 16.6. The highest BCUT2D eigenvalue weighted by Crippen LogP contribution is 2.38. The predicted molar refractivity (Wildman–Crippen MR) is 140 cm³/mol. The van der Waals surface area contributed by atoms with Gasteiger partial charge < -0.3 is 18.9 Å². The summed E-state index contributed by atoms with van der Waals surface area (Å²) in [6, 6.07) is 0.